The molecule has 2 aliphatic heterocycles. The van der Waals surface area contributed by atoms with Crippen molar-refractivity contribution in [1.82, 2.24) is 10.6 Å². The van der Waals surface area contributed by atoms with Crippen LogP contribution in [0.2, 0.25) is 0 Å². The summed E-state index contributed by atoms with van der Waals surface area (Å²) in [6, 6.07) is 0.534. The molecule has 3 aliphatic rings. The van der Waals surface area contributed by atoms with E-state index in [1.165, 1.54) is 5.57 Å². The van der Waals surface area contributed by atoms with Gasteiger partial charge in [0.25, 0.3) is 0 Å². The average molecular weight is 306 g/mol. The Hall–Kier alpha value is -0.870. The number of hydrogen-bond donors (Lipinski definition) is 2. The van der Waals surface area contributed by atoms with E-state index in [0.717, 1.165) is 45.2 Å². The Morgan fingerprint density at radius 2 is 2.14 bits per heavy atom. The summed E-state index contributed by atoms with van der Waals surface area (Å²) >= 11 is 0. The van der Waals surface area contributed by atoms with Crippen molar-refractivity contribution in [3.8, 4) is 0 Å². The smallest absolute Gasteiger partial charge is 0.310 e. The van der Waals surface area contributed by atoms with Crippen LogP contribution in [0.25, 0.3) is 0 Å². The summed E-state index contributed by atoms with van der Waals surface area (Å²) in [6.45, 7) is 8.51. The first-order valence-corrected chi connectivity index (χ1v) is 8.83. The minimum atomic E-state index is 0.0152. The van der Waals surface area contributed by atoms with Crippen molar-refractivity contribution >= 4 is 5.97 Å². The van der Waals surface area contributed by atoms with Crippen LogP contribution in [0.5, 0.6) is 0 Å². The molecule has 2 heterocycles. The minimum absolute atomic E-state index is 0.0152. The van der Waals surface area contributed by atoms with Crippen LogP contribution in [0.15, 0.2) is 11.6 Å². The van der Waals surface area contributed by atoms with Crippen LogP contribution in [0, 0.1) is 11.8 Å². The highest BCUT2D eigenvalue weighted by atomic mass is 16.5. The van der Waals surface area contributed by atoms with E-state index in [4.69, 9.17) is 4.74 Å². The topological polar surface area (TPSA) is 50.4 Å². The predicted molar refractivity (Wildman–Crippen MR) is 87.6 cm³/mol. The highest BCUT2D eigenvalue weighted by molar-refractivity contribution is 5.73. The molecule has 0 spiro atoms. The summed E-state index contributed by atoms with van der Waals surface area (Å²) in [6.07, 6.45) is 7.55. The fourth-order valence-corrected chi connectivity index (χ4v) is 4.42. The normalized spacial score (nSPS) is 37.9. The maximum Gasteiger partial charge on any atom is 0.310 e. The fraction of sp³-hybridized carbons (Fsp3) is 0.833. The quantitative estimate of drug-likeness (QED) is 0.607. The van der Waals surface area contributed by atoms with Gasteiger partial charge in [-0.3, -0.25) is 4.79 Å². The third-order valence-electron chi connectivity index (χ3n) is 5.45. The third kappa shape index (κ3) is 3.54. The molecule has 0 radical (unpaired) electrons. The number of piperidine rings is 1. The first kappa shape index (κ1) is 16.0. The second-order valence-corrected chi connectivity index (χ2v) is 7.88. The van der Waals surface area contributed by atoms with Crippen LogP contribution < -0.4 is 10.6 Å². The highest BCUT2D eigenvalue weighted by Gasteiger charge is 2.39. The van der Waals surface area contributed by atoms with Gasteiger partial charge in [-0.15, -0.1) is 0 Å². The number of fused-ring (bicyclic) bond motifs is 1. The minimum Gasteiger partial charge on any atom is -0.462 e. The summed E-state index contributed by atoms with van der Waals surface area (Å²) in [4.78, 5) is 12.3. The maximum absolute atomic E-state index is 12.3. The second kappa shape index (κ2) is 6.32. The standard InChI is InChI=1S/C18H30N2O2/c1-12-10-18(2,3)20-16-7-6-14(9-15(12)16)22-17(21)13-5-4-8-19-11-13/h10,13-16,19-20H,4-9,11H2,1-3H3. The molecular formula is C18H30N2O2. The molecule has 1 aliphatic carbocycles. The predicted octanol–water partition coefficient (Wildman–Crippen LogP) is 2.39. The van der Waals surface area contributed by atoms with E-state index >= 15 is 0 Å². The molecule has 4 unspecified atom stereocenters. The summed E-state index contributed by atoms with van der Waals surface area (Å²) in [5.41, 5.74) is 1.54. The van der Waals surface area contributed by atoms with Gasteiger partial charge in [0.15, 0.2) is 0 Å². The number of ether oxygens (including phenoxy) is 1. The zero-order valence-electron chi connectivity index (χ0n) is 14.2. The van der Waals surface area contributed by atoms with Gasteiger partial charge in [0, 0.05) is 18.1 Å². The Morgan fingerprint density at radius 1 is 1.32 bits per heavy atom. The van der Waals surface area contributed by atoms with Gasteiger partial charge >= 0.3 is 5.97 Å². The van der Waals surface area contributed by atoms with Crippen molar-refractivity contribution in [2.24, 2.45) is 11.8 Å². The van der Waals surface area contributed by atoms with Crippen LogP contribution in [0.1, 0.15) is 52.9 Å². The number of hydrogen-bond acceptors (Lipinski definition) is 4. The van der Waals surface area contributed by atoms with Crippen molar-refractivity contribution < 1.29 is 9.53 Å². The van der Waals surface area contributed by atoms with Gasteiger partial charge in [-0.2, -0.15) is 0 Å². The lowest BCUT2D eigenvalue weighted by Crippen LogP contribution is -2.54. The largest absolute Gasteiger partial charge is 0.462 e. The average Bonchev–Trinajstić information content (AvgIpc) is 2.48. The molecule has 4 atom stereocenters. The van der Waals surface area contributed by atoms with Gasteiger partial charge in [0.05, 0.1) is 5.92 Å². The van der Waals surface area contributed by atoms with Crippen molar-refractivity contribution in [3.05, 3.63) is 11.6 Å². The van der Waals surface area contributed by atoms with Gasteiger partial charge in [-0.05, 0) is 65.3 Å². The second-order valence-electron chi connectivity index (χ2n) is 7.88. The van der Waals surface area contributed by atoms with E-state index in [1.807, 2.05) is 0 Å². The van der Waals surface area contributed by atoms with Gasteiger partial charge in [0.2, 0.25) is 0 Å². The molecular weight excluding hydrogens is 276 g/mol. The molecule has 0 bridgehead atoms. The Morgan fingerprint density at radius 3 is 2.86 bits per heavy atom. The summed E-state index contributed by atoms with van der Waals surface area (Å²) in [7, 11) is 0. The zero-order valence-corrected chi connectivity index (χ0v) is 14.2. The van der Waals surface area contributed by atoms with Crippen molar-refractivity contribution in [1.29, 1.82) is 0 Å². The van der Waals surface area contributed by atoms with Gasteiger partial charge in [-0.25, -0.2) is 0 Å². The molecule has 3 rings (SSSR count). The van der Waals surface area contributed by atoms with Crippen molar-refractivity contribution in [3.63, 3.8) is 0 Å². The van der Waals surface area contributed by atoms with E-state index in [-0.39, 0.29) is 23.5 Å². The molecule has 1 saturated heterocycles. The van der Waals surface area contributed by atoms with Crippen LogP contribution in [-0.4, -0.2) is 36.7 Å². The highest BCUT2D eigenvalue weighted by Crippen LogP contribution is 2.37. The molecule has 0 amide bonds. The number of carbonyl (C=O) groups is 1. The Bertz CT molecular complexity index is 452. The molecule has 2 N–H and O–H groups in total. The first-order valence-electron chi connectivity index (χ1n) is 8.83. The number of carbonyl (C=O) groups excluding carboxylic acids is 1. The molecule has 0 aromatic carbocycles. The van der Waals surface area contributed by atoms with Gasteiger partial charge in [0.1, 0.15) is 6.10 Å². The van der Waals surface area contributed by atoms with Gasteiger partial charge in [-0.1, -0.05) is 11.6 Å². The maximum atomic E-state index is 12.3. The fourth-order valence-electron chi connectivity index (χ4n) is 4.42. The Balaban J connectivity index is 1.58. The van der Waals surface area contributed by atoms with Crippen molar-refractivity contribution in [2.45, 2.75) is 70.6 Å². The molecule has 4 nitrogen and oxygen atoms in total. The van der Waals surface area contributed by atoms with Crippen LogP contribution >= 0.6 is 0 Å². The zero-order chi connectivity index (χ0) is 15.7. The van der Waals surface area contributed by atoms with Gasteiger partial charge < -0.3 is 15.4 Å². The SMILES string of the molecule is CC1=CC(C)(C)NC2CCC(OC(=O)C3CCCNC3)CC12. The van der Waals surface area contributed by atoms with Crippen LogP contribution in [0.4, 0.5) is 0 Å². The Kier molecular flexibility index (Phi) is 4.60. The first-order chi connectivity index (χ1) is 10.4. The van der Waals surface area contributed by atoms with E-state index in [2.05, 4.69) is 37.5 Å². The third-order valence-corrected chi connectivity index (χ3v) is 5.45. The molecule has 4 heteroatoms. The van der Waals surface area contributed by atoms with Crippen molar-refractivity contribution in [2.75, 3.05) is 13.1 Å². The molecule has 124 valence electrons. The summed E-state index contributed by atoms with van der Waals surface area (Å²) < 4.78 is 5.85. The molecule has 0 aromatic rings. The molecule has 22 heavy (non-hydrogen) atoms. The number of rotatable bonds is 2. The molecule has 2 fully saturated rings. The lowest BCUT2D eigenvalue weighted by molar-refractivity contribution is -0.157. The van der Waals surface area contributed by atoms with Crippen LogP contribution in [0.3, 0.4) is 0 Å². The molecule has 1 saturated carbocycles. The summed E-state index contributed by atoms with van der Waals surface area (Å²) in [5, 5.41) is 7.03. The van der Waals surface area contributed by atoms with E-state index < -0.39 is 0 Å². The van der Waals surface area contributed by atoms with E-state index in [1.54, 1.807) is 0 Å². The number of nitrogens with one attached hydrogen (secondary N) is 2. The number of esters is 1. The van der Waals surface area contributed by atoms with Crippen LogP contribution in [-0.2, 0) is 9.53 Å². The Labute approximate surface area is 134 Å². The lowest BCUT2D eigenvalue weighted by Gasteiger charge is -2.45. The van der Waals surface area contributed by atoms with E-state index in [0.29, 0.717) is 12.0 Å². The summed E-state index contributed by atoms with van der Waals surface area (Å²) in [5.74, 6) is 0.594. The monoisotopic (exact) mass is 306 g/mol. The lowest BCUT2D eigenvalue weighted by atomic mass is 9.74. The molecule has 0 aromatic heterocycles. The van der Waals surface area contributed by atoms with E-state index in [9.17, 15) is 4.79 Å².